The largest absolute Gasteiger partial charge is 0.484 e. The van der Waals surface area contributed by atoms with Gasteiger partial charge in [0.2, 0.25) is 5.91 Å². The second-order valence-electron chi connectivity index (χ2n) is 5.67. The van der Waals surface area contributed by atoms with Gasteiger partial charge in [0.1, 0.15) is 5.75 Å². The van der Waals surface area contributed by atoms with Crippen LogP contribution >= 0.6 is 15.9 Å². The van der Waals surface area contributed by atoms with Crippen LogP contribution in [0.5, 0.6) is 5.75 Å². The number of amides is 2. The molecule has 1 heterocycles. The number of benzene rings is 2. The highest BCUT2D eigenvalue weighted by atomic mass is 79.9. The number of hydrogen-bond acceptors (Lipinski definition) is 3. The van der Waals surface area contributed by atoms with Crippen molar-refractivity contribution in [2.24, 2.45) is 0 Å². The average molecular weight is 389 g/mol. The Morgan fingerprint density at radius 2 is 2.08 bits per heavy atom. The van der Waals surface area contributed by atoms with E-state index in [9.17, 15) is 9.59 Å². The first-order chi connectivity index (χ1) is 11.5. The van der Waals surface area contributed by atoms with Gasteiger partial charge in [-0.2, -0.15) is 0 Å². The monoisotopic (exact) mass is 388 g/mol. The van der Waals surface area contributed by atoms with Crippen molar-refractivity contribution in [3.63, 3.8) is 0 Å². The summed E-state index contributed by atoms with van der Waals surface area (Å²) in [5.74, 6) is 0.418. The van der Waals surface area contributed by atoms with Gasteiger partial charge >= 0.3 is 0 Å². The van der Waals surface area contributed by atoms with Crippen LogP contribution < -0.4 is 15.4 Å². The summed E-state index contributed by atoms with van der Waals surface area (Å²) in [5, 5.41) is 5.61. The summed E-state index contributed by atoms with van der Waals surface area (Å²) in [7, 11) is 0. The molecule has 0 bridgehead atoms. The first-order valence-electron chi connectivity index (χ1n) is 7.63. The number of fused-ring (bicyclic) bond motifs is 1. The Labute approximate surface area is 148 Å². The van der Waals surface area contributed by atoms with Crippen LogP contribution in [0.3, 0.4) is 0 Å². The number of nitrogens with one attached hydrogen (secondary N) is 2. The zero-order valence-corrected chi connectivity index (χ0v) is 14.8. The van der Waals surface area contributed by atoms with Crippen molar-refractivity contribution in [1.29, 1.82) is 0 Å². The number of hydrogen-bond donors (Lipinski definition) is 2. The molecule has 0 aromatic heterocycles. The summed E-state index contributed by atoms with van der Waals surface area (Å²) in [5.41, 5.74) is 3.65. The molecule has 24 heavy (non-hydrogen) atoms. The van der Waals surface area contributed by atoms with Crippen molar-refractivity contribution in [2.45, 2.75) is 19.8 Å². The fourth-order valence-electron chi connectivity index (χ4n) is 2.47. The number of anilines is 2. The minimum Gasteiger partial charge on any atom is -0.484 e. The Kier molecular flexibility index (Phi) is 4.85. The van der Waals surface area contributed by atoms with Crippen LogP contribution in [0, 0.1) is 6.92 Å². The molecule has 1 aliphatic rings. The number of ether oxygens (including phenoxy) is 1. The molecule has 5 nitrogen and oxygen atoms in total. The number of carbonyl (C=O) groups is 2. The first-order valence-corrected chi connectivity index (χ1v) is 8.42. The van der Waals surface area contributed by atoms with Gasteiger partial charge in [0.15, 0.2) is 6.61 Å². The third kappa shape index (κ3) is 3.94. The maximum atomic E-state index is 12.0. The van der Waals surface area contributed by atoms with E-state index in [4.69, 9.17) is 4.74 Å². The SMILES string of the molecule is Cc1ccc(NC(=O)COc2ccc3c(c2)CCC(=O)N3)cc1Br. The van der Waals surface area contributed by atoms with E-state index in [1.807, 2.05) is 31.2 Å². The molecule has 2 amide bonds. The third-order valence-corrected chi connectivity index (χ3v) is 4.65. The average Bonchev–Trinajstić information content (AvgIpc) is 2.56. The minimum absolute atomic E-state index is 0.0276. The smallest absolute Gasteiger partial charge is 0.262 e. The highest BCUT2D eigenvalue weighted by Crippen LogP contribution is 2.27. The molecule has 0 unspecified atom stereocenters. The predicted octanol–water partition coefficient (Wildman–Crippen LogP) is 3.66. The lowest BCUT2D eigenvalue weighted by Crippen LogP contribution is -2.21. The van der Waals surface area contributed by atoms with Gasteiger partial charge in [-0.15, -0.1) is 0 Å². The molecule has 2 aromatic carbocycles. The lowest BCUT2D eigenvalue weighted by atomic mass is 10.0. The van der Waals surface area contributed by atoms with Gasteiger partial charge in [-0.05, 0) is 54.8 Å². The normalized spacial score (nSPS) is 13.0. The molecule has 124 valence electrons. The molecule has 3 rings (SSSR count). The second-order valence-corrected chi connectivity index (χ2v) is 6.52. The Bertz CT molecular complexity index is 805. The van der Waals surface area contributed by atoms with Gasteiger partial charge in [-0.1, -0.05) is 22.0 Å². The number of halogens is 1. The summed E-state index contributed by atoms with van der Waals surface area (Å²) in [4.78, 5) is 23.4. The van der Waals surface area contributed by atoms with Gasteiger partial charge in [0.25, 0.3) is 5.91 Å². The van der Waals surface area contributed by atoms with Crippen LogP contribution in [0.2, 0.25) is 0 Å². The molecule has 0 spiro atoms. The topological polar surface area (TPSA) is 67.4 Å². The van der Waals surface area contributed by atoms with Crippen molar-refractivity contribution in [3.8, 4) is 5.75 Å². The summed E-state index contributed by atoms with van der Waals surface area (Å²) < 4.78 is 6.49. The number of rotatable bonds is 4. The van der Waals surface area contributed by atoms with Crippen LogP contribution in [0.4, 0.5) is 11.4 Å². The molecule has 0 atom stereocenters. The molecule has 0 aliphatic carbocycles. The van der Waals surface area contributed by atoms with E-state index in [2.05, 4.69) is 26.6 Å². The summed E-state index contributed by atoms with van der Waals surface area (Å²) >= 11 is 3.44. The highest BCUT2D eigenvalue weighted by molar-refractivity contribution is 9.10. The maximum Gasteiger partial charge on any atom is 0.262 e. The third-order valence-electron chi connectivity index (χ3n) is 3.80. The molecule has 0 saturated heterocycles. The van der Waals surface area contributed by atoms with Crippen molar-refractivity contribution < 1.29 is 14.3 Å². The molecule has 2 N–H and O–H groups in total. The second kappa shape index (κ2) is 7.05. The van der Waals surface area contributed by atoms with E-state index < -0.39 is 0 Å². The number of carbonyl (C=O) groups excluding carboxylic acids is 2. The summed E-state index contributed by atoms with van der Waals surface area (Å²) in [6, 6.07) is 11.0. The van der Waals surface area contributed by atoms with Crippen molar-refractivity contribution >= 4 is 39.1 Å². The quantitative estimate of drug-likeness (QED) is 0.839. The molecule has 1 aliphatic heterocycles. The van der Waals surface area contributed by atoms with Crippen molar-refractivity contribution in [1.82, 2.24) is 0 Å². The van der Waals surface area contributed by atoms with Crippen LogP contribution in [0.15, 0.2) is 40.9 Å². The van der Waals surface area contributed by atoms with Crippen LogP contribution in [0.25, 0.3) is 0 Å². The summed E-state index contributed by atoms with van der Waals surface area (Å²) in [6.45, 7) is 1.91. The van der Waals surface area contributed by atoms with E-state index in [1.165, 1.54) is 0 Å². The Morgan fingerprint density at radius 1 is 1.25 bits per heavy atom. The molecule has 0 saturated carbocycles. The van der Waals surface area contributed by atoms with Gasteiger partial charge < -0.3 is 15.4 Å². The molecular weight excluding hydrogens is 372 g/mol. The lowest BCUT2D eigenvalue weighted by molar-refractivity contribution is -0.118. The first kappa shape index (κ1) is 16.5. The van der Waals surface area contributed by atoms with Crippen molar-refractivity contribution in [2.75, 3.05) is 17.2 Å². The van der Waals surface area contributed by atoms with Crippen molar-refractivity contribution in [3.05, 3.63) is 52.0 Å². The van der Waals surface area contributed by atoms with E-state index in [1.54, 1.807) is 12.1 Å². The number of aryl methyl sites for hydroxylation is 2. The Morgan fingerprint density at radius 3 is 2.88 bits per heavy atom. The standard InChI is InChI=1S/C18H17BrN2O3/c1-11-2-4-13(9-15(11)19)20-18(23)10-24-14-5-6-16-12(8-14)3-7-17(22)21-16/h2,4-6,8-9H,3,7,10H2,1H3,(H,20,23)(H,21,22). The molecule has 2 aromatic rings. The molecule has 0 fully saturated rings. The lowest BCUT2D eigenvalue weighted by Gasteiger charge is -2.17. The molecule has 0 radical (unpaired) electrons. The maximum absolute atomic E-state index is 12.0. The minimum atomic E-state index is -0.225. The Balaban J connectivity index is 1.58. The van der Waals surface area contributed by atoms with Crippen LogP contribution in [-0.2, 0) is 16.0 Å². The zero-order valence-electron chi connectivity index (χ0n) is 13.2. The fraction of sp³-hybridized carbons (Fsp3) is 0.222. The van der Waals surface area contributed by atoms with Crippen LogP contribution in [0.1, 0.15) is 17.5 Å². The Hall–Kier alpha value is -2.34. The van der Waals surface area contributed by atoms with E-state index >= 15 is 0 Å². The zero-order chi connectivity index (χ0) is 17.1. The van der Waals surface area contributed by atoms with Gasteiger partial charge in [-0.25, -0.2) is 0 Å². The highest BCUT2D eigenvalue weighted by Gasteiger charge is 2.15. The molecular formula is C18H17BrN2O3. The predicted molar refractivity (Wildman–Crippen MR) is 96.4 cm³/mol. The summed E-state index contributed by atoms with van der Waals surface area (Å²) in [6.07, 6.45) is 1.15. The van der Waals surface area contributed by atoms with Crippen LogP contribution in [-0.4, -0.2) is 18.4 Å². The van der Waals surface area contributed by atoms with Gasteiger partial charge in [0.05, 0.1) is 0 Å². The van der Waals surface area contributed by atoms with Gasteiger partial charge in [-0.3, -0.25) is 9.59 Å². The fourth-order valence-corrected chi connectivity index (χ4v) is 2.84. The van der Waals surface area contributed by atoms with E-state index in [0.29, 0.717) is 24.3 Å². The van der Waals surface area contributed by atoms with E-state index in [0.717, 1.165) is 21.3 Å². The molecule has 6 heteroatoms. The van der Waals surface area contributed by atoms with E-state index in [-0.39, 0.29) is 18.4 Å². The van der Waals surface area contributed by atoms with Gasteiger partial charge in [0, 0.05) is 22.3 Å².